The van der Waals surface area contributed by atoms with Crippen LogP contribution in [0, 0.1) is 0 Å². The number of rotatable bonds is 4. The molecule has 1 aliphatic carbocycles. The average molecular weight is 444 g/mol. The predicted octanol–water partition coefficient (Wildman–Crippen LogP) is 3.53. The molecule has 0 radical (unpaired) electrons. The molecule has 0 N–H and O–H groups in total. The van der Waals surface area contributed by atoms with Crippen molar-refractivity contribution in [2.75, 3.05) is 32.7 Å². The van der Waals surface area contributed by atoms with E-state index in [0.717, 1.165) is 38.3 Å². The number of carbonyl (C=O) groups is 2. The highest BCUT2D eigenvalue weighted by molar-refractivity contribution is 5.86. The molecule has 0 spiro atoms. The highest BCUT2D eigenvalue weighted by atomic mass is 16.6. The van der Waals surface area contributed by atoms with Gasteiger partial charge in [0.2, 0.25) is 5.91 Å². The molecule has 2 saturated heterocycles. The Bertz CT molecular complexity index is 790. The van der Waals surface area contributed by atoms with Crippen LogP contribution in [0.25, 0.3) is 0 Å². The molecule has 0 unspecified atom stereocenters. The average Bonchev–Trinajstić information content (AvgIpc) is 2.97. The van der Waals surface area contributed by atoms with Crippen molar-refractivity contribution < 1.29 is 19.1 Å². The van der Waals surface area contributed by atoms with Gasteiger partial charge in [-0.15, -0.1) is 0 Å². The van der Waals surface area contributed by atoms with Crippen molar-refractivity contribution in [2.45, 2.75) is 76.7 Å². The molecule has 3 fully saturated rings. The first-order valence-corrected chi connectivity index (χ1v) is 12.0. The number of para-hydroxylation sites is 1. The first-order chi connectivity index (χ1) is 15.3. The largest absolute Gasteiger partial charge is 0.488 e. The maximum atomic E-state index is 13.6. The number of benzene rings is 1. The smallest absolute Gasteiger partial charge is 0.411 e. The van der Waals surface area contributed by atoms with Gasteiger partial charge < -0.3 is 14.4 Å². The molecule has 7 heteroatoms. The standard InChI is InChI=1S/C25H37N3O4/c1-25(2,3)32-24(30)28-18-21(31-20-11-5-4-6-12-20)17-22(28)23(29)27-14-8-13-26(15-16-27)19-9-7-10-19/h4-6,11-12,19,21-22H,7-10,13-18H2,1-3H3/t21-,22-/m1/s1. The van der Waals surface area contributed by atoms with E-state index in [4.69, 9.17) is 9.47 Å². The van der Waals surface area contributed by atoms with Crippen LogP contribution in [0.15, 0.2) is 30.3 Å². The van der Waals surface area contributed by atoms with Crippen LogP contribution in [0.2, 0.25) is 0 Å². The molecular weight excluding hydrogens is 406 g/mol. The highest BCUT2D eigenvalue weighted by Gasteiger charge is 2.44. The van der Waals surface area contributed by atoms with Gasteiger partial charge in [0.05, 0.1) is 6.54 Å². The van der Waals surface area contributed by atoms with Gasteiger partial charge >= 0.3 is 6.09 Å². The van der Waals surface area contributed by atoms with Gasteiger partial charge in [-0.3, -0.25) is 14.6 Å². The molecule has 2 amide bonds. The summed E-state index contributed by atoms with van der Waals surface area (Å²) in [4.78, 5) is 32.6. The lowest BCUT2D eigenvalue weighted by molar-refractivity contribution is -0.135. The van der Waals surface area contributed by atoms with Crippen LogP contribution in [-0.2, 0) is 9.53 Å². The van der Waals surface area contributed by atoms with E-state index in [9.17, 15) is 9.59 Å². The van der Waals surface area contributed by atoms with Crippen LogP contribution in [0.4, 0.5) is 4.79 Å². The Kier molecular flexibility index (Phi) is 6.93. The van der Waals surface area contributed by atoms with E-state index >= 15 is 0 Å². The van der Waals surface area contributed by atoms with Crippen LogP contribution < -0.4 is 4.74 Å². The van der Waals surface area contributed by atoms with E-state index < -0.39 is 17.7 Å². The van der Waals surface area contributed by atoms with Gasteiger partial charge in [-0.1, -0.05) is 24.6 Å². The molecule has 3 aliphatic rings. The summed E-state index contributed by atoms with van der Waals surface area (Å²) < 4.78 is 11.8. The fourth-order valence-corrected chi connectivity index (χ4v) is 4.82. The minimum atomic E-state index is -0.616. The Labute approximate surface area is 191 Å². The summed E-state index contributed by atoms with van der Waals surface area (Å²) >= 11 is 0. The van der Waals surface area contributed by atoms with Crippen molar-refractivity contribution in [2.24, 2.45) is 0 Å². The predicted molar refractivity (Wildman–Crippen MR) is 123 cm³/mol. The first kappa shape index (κ1) is 22.9. The van der Waals surface area contributed by atoms with Crippen LogP contribution in [0.1, 0.15) is 52.9 Å². The number of amides is 2. The Morgan fingerprint density at radius 1 is 0.969 bits per heavy atom. The Hall–Kier alpha value is -2.28. The maximum Gasteiger partial charge on any atom is 0.411 e. The van der Waals surface area contributed by atoms with Gasteiger partial charge in [-0.05, 0) is 52.2 Å². The molecule has 176 valence electrons. The number of hydrogen-bond donors (Lipinski definition) is 0. The van der Waals surface area contributed by atoms with Crippen molar-refractivity contribution >= 4 is 12.0 Å². The monoisotopic (exact) mass is 443 g/mol. The summed E-state index contributed by atoms with van der Waals surface area (Å²) in [5, 5.41) is 0. The van der Waals surface area contributed by atoms with E-state index in [1.807, 2.05) is 56.0 Å². The van der Waals surface area contributed by atoms with Crippen LogP contribution >= 0.6 is 0 Å². The van der Waals surface area contributed by atoms with Gasteiger partial charge in [0, 0.05) is 38.6 Å². The van der Waals surface area contributed by atoms with Crippen LogP contribution in [-0.4, -0.2) is 83.2 Å². The van der Waals surface area contributed by atoms with Crippen molar-refractivity contribution in [3.63, 3.8) is 0 Å². The lowest BCUT2D eigenvalue weighted by Gasteiger charge is -2.37. The second kappa shape index (κ2) is 9.69. The molecule has 1 saturated carbocycles. The molecule has 2 aliphatic heterocycles. The van der Waals surface area contributed by atoms with Gasteiger partial charge in [0.25, 0.3) is 0 Å². The minimum Gasteiger partial charge on any atom is -0.488 e. The quantitative estimate of drug-likeness (QED) is 0.712. The number of nitrogens with zero attached hydrogens (tertiary/aromatic N) is 3. The molecule has 4 rings (SSSR count). The summed E-state index contributed by atoms with van der Waals surface area (Å²) in [6, 6.07) is 9.72. The highest BCUT2D eigenvalue weighted by Crippen LogP contribution is 2.28. The van der Waals surface area contributed by atoms with E-state index in [1.165, 1.54) is 19.3 Å². The van der Waals surface area contributed by atoms with Crippen molar-refractivity contribution in [3.8, 4) is 5.75 Å². The summed E-state index contributed by atoms with van der Waals surface area (Å²) in [5.74, 6) is 0.770. The summed E-state index contributed by atoms with van der Waals surface area (Å²) in [5.41, 5.74) is -0.616. The summed E-state index contributed by atoms with van der Waals surface area (Å²) in [6.45, 7) is 9.32. The van der Waals surface area contributed by atoms with Gasteiger partial charge in [-0.2, -0.15) is 0 Å². The Balaban J connectivity index is 1.44. The molecule has 1 aromatic carbocycles. The topological polar surface area (TPSA) is 62.3 Å². The second-order valence-electron chi connectivity index (χ2n) is 10.2. The SMILES string of the molecule is CC(C)(C)OC(=O)N1C[C@H](Oc2ccccc2)C[C@@H]1C(=O)N1CCCN(C2CCC2)CC1. The molecular formula is C25H37N3O4. The molecule has 0 bridgehead atoms. The van der Waals surface area contributed by atoms with Gasteiger partial charge in [0.1, 0.15) is 23.5 Å². The normalized spacial score (nSPS) is 25.2. The zero-order valence-corrected chi connectivity index (χ0v) is 19.7. The van der Waals surface area contributed by atoms with Crippen LogP contribution in [0.5, 0.6) is 5.75 Å². The van der Waals surface area contributed by atoms with Gasteiger partial charge in [-0.25, -0.2) is 4.79 Å². The molecule has 0 aromatic heterocycles. The molecule has 7 nitrogen and oxygen atoms in total. The van der Waals surface area contributed by atoms with Gasteiger partial charge in [0.15, 0.2) is 0 Å². The fraction of sp³-hybridized carbons (Fsp3) is 0.680. The van der Waals surface area contributed by atoms with Crippen molar-refractivity contribution in [1.29, 1.82) is 0 Å². The molecule has 1 aromatic rings. The zero-order chi connectivity index (χ0) is 22.7. The zero-order valence-electron chi connectivity index (χ0n) is 19.7. The first-order valence-electron chi connectivity index (χ1n) is 12.0. The van der Waals surface area contributed by atoms with Crippen LogP contribution in [0.3, 0.4) is 0 Å². The van der Waals surface area contributed by atoms with Crippen molar-refractivity contribution in [1.82, 2.24) is 14.7 Å². The number of ether oxygens (including phenoxy) is 2. The maximum absolute atomic E-state index is 13.6. The van der Waals surface area contributed by atoms with E-state index in [-0.39, 0.29) is 12.0 Å². The second-order valence-corrected chi connectivity index (χ2v) is 10.2. The fourth-order valence-electron chi connectivity index (χ4n) is 4.82. The number of hydrogen-bond acceptors (Lipinski definition) is 5. The lowest BCUT2D eigenvalue weighted by atomic mass is 9.91. The lowest BCUT2D eigenvalue weighted by Crippen LogP contribution is -2.50. The van der Waals surface area contributed by atoms with E-state index in [1.54, 1.807) is 4.90 Å². The number of carbonyl (C=O) groups excluding carboxylic acids is 2. The third-order valence-electron chi connectivity index (χ3n) is 6.65. The van der Waals surface area contributed by atoms with E-state index in [2.05, 4.69) is 4.90 Å². The third-order valence-corrected chi connectivity index (χ3v) is 6.65. The van der Waals surface area contributed by atoms with E-state index in [0.29, 0.717) is 19.0 Å². The third kappa shape index (κ3) is 5.55. The molecule has 2 atom stereocenters. The molecule has 2 heterocycles. The summed E-state index contributed by atoms with van der Waals surface area (Å²) in [7, 11) is 0. The number of likely N-dealkylation sites (tertiary alicyclic amines) is 1. The Morgan fingerprint density at radius 3 is 2.38 bits per heavy atom. The minimum absolute atomic E-state index is 0.0190. The Morgan fingerprint density at radius 2 is 1.72 bits per heavy atom. The summed E-state index contributed by atoms with van der Waals surface area (Å²) in [6.07, 6.45) is 4.65. The van der Waals surface area contributed by atoms with Crippen molar-refractivity contribution in [3.05, 3.63) is 30.3 Å². The molecule has 32 heavy (non-hydrogen) atoms.